The predicted molar refractivity (Wildman–Crippen MR) is 67.1 cm³/mol. The second kappa shape index (κ2) is 4.30. The fourth-order valence-corrected chi connectivity index (χ4v) is 1.84. The Bertz CT molecular complexity index is 515. The molecular weight excluding hydrogens is 234 g/mol. The molecule has 1 aromatic rings. The number of rotatable bonds is 3. The van der Waals surface area contributed by atoms with E-state index < -0.39 is 11.4 Å². The Labute approximate surface area is 104 Å². The third kappa shape index (κ3) is 2.14. The topological polar surface area (TPSA) is 104 Å². The van der Waals surface area contributed by atoms with Crippen LogP contribution in [0, 0.1) is 0 Å². The molecule has 6 nitrogen and oxygen atoms in total. The van der Waals surface area contributed by atoms with Crippen LogP contribution < -0.4 is 16.4 Å². The molecule has 1 atom stereocenters. The lowest BCUT2D eigenvalue weighted by Gasteiger charge is -2.34. The second-order valence-electron chi connectivity index (χ2n) is 4.59. The van der Waals surface area contributed by atoms with Crippen LogP contribution in [0.5, 0.6) is 0 Å². The molecule has 1 aliphatic rings. The molecule has 1 aromatic carbocycles. The average molecular weight is 249 g/mol. The number of fused-ring (bicyclic) bond motifs is 1. The molecule has 0 bridgehead atoms. The minimum atomic E-state index is -1.03. The van der Waals surface area contributed by atoms with Gasteiger partial charge in [-0.3, -0.25) is 9.59 Å². The van der Waals surface area contributed by atoms with Crippen molar-refractivity contribution in [3.8, 4) is 0 Å². The maximum Gasteiger partial charge on any atom is 0.252 e. The molecule has 0 aromatic heterocycles. The van der Waals surface area contributed by atoms with Crippen LogP contribution in [-0.2, 0) is 16.0 Å². The van der Waals surface area contributed by atoms with Gasteiger partial charge in [0, 0.05) is 0 Å². The van der Waals surface area contributed by atoms with E-state index in [9.17, 15) is 14.7 Å². The van der Waals surface area contributed by atoms with E-state index in [1.54, 1.807) is 25.1 Å². The summed E-state index contributed by atoms with van der Waals surface area (Å²) in [6.07, 6.45) is 0.125. The Morgan fingerprint density at radius 3 is 2.78 bits per heavy atom. The molecule has 1 unspecified atom stereocenters. The van der Waals surface area contributed by atoms with Crippen molar-refractivity contribution < 1.29 is 14.7 Å². The number of primary amides is 1. The second-order valence-corrected chi connectivity index (χ2v) is 4.59. The first kappa shape index (κ1) is 12.4. The average Bonchev–Trinajstić information content (AvgIpc) is 2.30. The van der Waals surface area contributed by atoms with E-state index in [1.807, 2.05) is 0 Å². The Kier molecular flexibility index (Phi) is 2.96. The van der Waals surface area contributed by atoms with Crippen LogP contribution in [0.15, 0.2) is 18.2 Å². The van der Waals surface area contributed by atoms with Crippen molar-refractivity contribution in [3.05, 3.63) is 23.8 Å². The minimum Gasteiger partial charge on any atom is -0.393 e. The van der Waals surface area contributed by atoms with E-state index in [2.05, 4.69) is 10.6 Å². The largest absolute Gasteiger partial charge is 0.393 e. The predicted octanol–water partition coefficient (Wildman–Crippen LogP) is -0.171. The third-order valence-electron chi connectivity index (χ3n) is 2.94. The summed E-state index contributed by atoms with van der Waals surface area (Å²) in [6.45, 7) is 1.31. The van der Waals surface area contributed by atoms with Gasteiger partial charge in [-0.05, 0) is 24.6 Å². The number of benzene rings is 1. The van der Waals surface area contributed by atoms with Gasteiger partial charge in [0.05, 0.1) is 24.4 Å². The van der Waals surface area contributed by atoms with Gasteiger partial charge in [-0.1, -0.05) is 6.07 Å². The molecule has 2 rings (SSSR count). The van der Waals surface area contributed by atoms with Crippen molar-refractivity contribution in [1.29, 1.82) is 0 Å². The van der Waals surface area contributed by atoms with Crippen LogP contribution in [0.1, 0.15) is 12.5 Å². The van der Waals surface area contributed by atoms with Crippen LogP contribution in [0.4, 0.5) is 11.4 Å². The summed E-state index contributed by atoms with van der Waals surface area (Å²) in [7, 11) is 0. The van der Waals surface area contributed by atoms with Gasteiger partial charge in [-0.25, -0.2) is 0 Å². The third-order valence-corrected chi connectivity index (χ3v) is 2.94. The number of anilines is 2. The zero-order valence-electron chi connectivity index (χ0n) is 9.99. The quantitative estimate of drug-likeness (QED) is 0.597. The number of nitrogens with two attached hydrogens (primary N) is 1. The summed E-state index contributed by atoms with van der Waals surface area (Å²) < 4.78 is 0. The van der Waals surface area contributed by atoms with Crippen LogP contribution in [-0.4, -0.2) is 29.1 Å². The molecule has 0 radical (unpaired) electrons. The fraction of sp³-hybridized carbons (Fsp3) is 0.333. The molecule has 18 heavy (non-hydrogen) atoms. The van der Waals surface area contributed by atoms with Crippen LogP contribution in [0.3, 0.4) is 0 Å². The van der Waals surface area contributed by atoms with Gasteiger partial charge in [-0.15, -0.1) is 0 Å². The number of carbonyl (C=O) groups excluding carboxylic acids is 2. The molecule has 6 heteroatoms. The number of carbonyl (C=O) groups is 2. The molecule has 96 valence electrons. The molecule has 0 aliphatic carbocycles. The molecule has 5 N–H and O–H groups in total. The molecular formula is C12H15N3O3. The van der Waals surface area contributed by atoms with Crippen molar-refractivity contribution >= 4 is 23.2 Å². The van der Waals surface area contributed by atoms with Gasteiger partial charge in [0.1, 0.15) is 5.54 Å². The van der Waals surface area contributed by atoms with Gasteiger partial charge in [0.25, 0.3) is 5.91 Å². The van der Waals surface area contributed by atoms with Crippen molar-refractivity contribution in [1.82, 2.24) is 0 Å². The smallest absolute Gasteiger partial charge is 0.252 e. The van der Waals surface area contributed by atoms with Crippen LogP contribution in [0.25, 0.3) is 0 Å². The monoisotopic (exact) mass is 249 g/mol. The van der Waals surface area contributed by atoms with Crippen LogP contribution >= 0.6 is 0 Å². The van der Waals surface area contributed by atoms with E-state index >= 15 is 0 Å². The Morgan fingerprint density at radius 1 is 1.44 bits per heavy atom. The summed E-state index contributed by atoms with van der Waals surface area (Å²) in [5.41, 5.74) is 6.12. The highest BCUT2D eigenvalue weighted by Gasteiger charge is 2.36. The van der Waals surface area contributed by atoms with E-state index in [4.69, 9.17) is 5.73 Å². The van der Waals surface area contributed by atoms with Gasteiger partial charge in [0.2, 0.25) is 5.91 Å². The van der Waals surface area contributed by atoms with Gasteiger partial charge in [0.15, 0.2) is 0 Å². The molecule has 1 aliphatic heterocycles. The summed E-state index contributed by atoms with van der Waals surface area (Å²) >= 11 is 0. The number of nitrogens with one attached hydrogen (secondary N) is 2. The van der Waals surface area contributed by atoms with Crippen molar-refractivity contribution in [3.63, 3.8) is 0 Å². The highest BCUT2D eigenvalue weighted by Crippen LogP contribution is 2.31. The van der Waals surface area contributed by atoms with Gasteiger partial charge < -0.3 is 21.5 Å². The van der Waals surface area contributed by atoms with Crippen molar-refractivity contribution in [2.75, 3.05) is 17.2 Å². The first-order chi connectivity index (χ1) is 8.44. The number of aliphatic hydroxyl groups excluding tert-OH is 1. The molecule has 0 spiro atoms. The number of hydrogen-bond acceptors (Lipinski definition) is 4. The highest BCUT2D eigenvalue weighted by atomic mass is 16.3. The molecule has 0 saturated carbocycles. The normalized spacial score (nSPS) is 21.8. The Hall–Kier alpha value is -2.08. The first-order valence-electron chi connectivity index (χ1n) is 5.56. The number of amides is 2. The summed E-state index contributed by atoms with van der Waals surface area (Å²) in [4.78, 5) is 22.7. The molecule has 1 heterocycles. The highest BCUT2D eigenvalue weighted by molar-refractivity contribution is 6.06. The Morgan fingerprint density at radius 2 is 2.17 bits per heavy atom. The summed E-state index contributed by atoms with van der Waals surface area (Å²) in [6, 6.07) is 5.20. The summed E-state index contributed by atoms with van der Waals surface area (Å²) in [5.74, 6) is -0.737. The zero-order valence-corrected chi connectivity index (χ0v) is 9.99. The lowest BCUT2D eigenvalue weighted by molar-refractivity contribution is -0.121. The first-order valence-corrected chi connectivity index (χ1v) is 5.56. The summed E-state index contributed by atoms with van der Waals surface area (Å²) in [5, 5.41) is 14.9. The maximum atomic E-state index is 11.8. The minimum absolute atomic E-state index is 0.125. The van der Waals surface area contributed by atoms with Gasteiger partial charge >= 0.3 is 0 Å². The van der Waals surface area contributed by atoms with Crippen molar-refractivity contribution in [2.24, 2.45) is 5.73 Å². The van der Waals surface area contributed by atoms with E-state index in [0.29, 0.717) is 11.4 Å². The Balaban J connectivity index is 2.32. The van der Waals surface area contributed by atoms with Crippen molar-refractivity contribution in [2.45, 2.75) is 18.9 Å². The SMILES string of the molecule is CC1(CO)Nc2ccc(CC(N)=O)cc2NC1=O. The van der Waals surface area contributed by atoms with Crippen LogP contribution in [0.2, 0.25) is 0 Å². The standard InChI is InChI=1S/C12H15N3O3/c1-12(6-16)11(18)14-9-4-7(5-10(13)17)2-3-8(9)15-12/h2-4,15-16H,5-6H2,1H3,(H2,13,17)(H,14,18). The maximum absolute atomic E-state index is 11.8. The molecule has 0 saturated heterocycles. The number of hydrogen-bond donors (Lipinski definition) is 4. The van der Waals surface area contributed by atoms with E-state index in [0.717, 1.165) is 5.56 Å². The molecule has 0 fully saturated rings. The molecule has 2 amide bonds. The van der Waals surface area contributed by atoms with Gasteiger partial charge in [-0.2, -0.15) is 0 Å². The number of aliphatic hydroxyl groups is 1. The lowest BCUT2D eigenvalue weighted by atomic mass is 9.97. The fourth-order valence-electron chi connectivity index (χ4n) is 1.84. The zero-order chi connectivity index (χ0) is 13.3. The van der Waals surface area contributed by atoms with E-state index in [-0.39, 0.29) is 18.9 Å². The lowest BCUT2D eigenvalue weighted by Crippen LogP contribution is -2.52. The van der Waals surface area contributed by atoms with E-state index in [1.165, 1.54) is 0 Å².